The van der Waals surface area contributed by atoms with Gasteiger partial charge in [-0.05, 0) is 78.6 Å². The smallest absolute Gasteiger partial charge is 0.321 e. The van der Waals surface area contributed by atoms with Gasteiger partial charge in [-0.25, -0.2) is 8.42 Å². The number of aryl methyl sites for hydroxylation is 2. The van der Waals surface area contributed by atoms with Crippen molar-refractivity contribution in [2.75, 3.05) is 6.54 Å². The summed E-state index contributed by atoms with van der Waals surface area (Å²) in [5.41, 5.74) is -0.279. The van der Waals surface area contributed by atoms with E-state index in [1.807, 2.05) is 0 Å². The van der Waals surface area contributed by atoms with E-state index in [4.69, 9.17) is 16.3 Å². The van der Waals surface area contributed by atoms with Gasteiger partial charge in [0.15, 0.2) is 0 Å². The Hall–Kier alpha value is -1.11. The van der Waals surface area contributed by atoms with Crippen molar-refractivity contribution < 1.29 is 17.9 Å². The lowest BCUT2D eigenvalue weighted by Crippen LogP contribution is -2.49. The molecule has 0 unspecified atom stereocenters. The van der Waals surface area contributed by atoms with E-state index < -0.39 is 27.1 Å². The lowest BCUT2D eigenvalue weighted by atomic mass is 10.1. The van der Waals surface area contributed by atoms with E-state index >= 15 is 0 Å². The molecular weight excluding hydrogens is 362 g/mol. The number of benzene rings is 1. The number of sulfonamides is 1. The van der Waals surface area contributed by atoms with Crippen LogP contribution in [0.25, 0.3) is 0 Å². The minimum Gasteiger partial charge on any atom is -0.459 e. The van der Waals surface area contributed by atoms with Crippen molar-refractivity contribution in [2.24, 2.45) is 0 Å². The fraction of sp³-hybridized carbons (Fsp3) is 0.611. The predicted molar refractivity (Wildman–Crippen MR) is 100 cm³/mol. The molecule has 0 radical (unpaired) electrons. The minimum atomic E-state index is -3.91. The van der Waals surface area contributed by atoms with Gasteiger partial charge in [-0.3, -0.25) is 4.79 Å². The predicted octanol–water partition coefficient (Wildman–Crippen LogP) is 4.09. The van der Waals surface area contributed by atoms with Crippen molar-refractivity contribution >= 4 is 27.6 Å². The van der Waals surface area contributed by atoms with Crippen molar-refractivity contribution in [3.63, 3.8) is 0 Å². The maximum Gasteiger partial charge on any atom is 0.321 e. The molecule has 0 saturated heterocycles. The SMILES string of the molecule is Cc1cc(S(=O)(=O)N(CC(=O)OC(C)(C)C)C(C)(C)C)c(C)cc1Cl. The Kier molecular flexibility index (Phi) is 6.36. The second-order valence-corrected chi connectivity index (χ2v) is 10.4. The van der Waals surface area contributed by atoms with Gasteiger partial charge in [0.1, 0.15) is 12.1 Å². The molecule has 0 atom stereocenters. The van der Waals surface area contributed by atoms with Gasteiger partial charge in [0.25, 0.3) is 0 Å². The highest BCUT2D eigenvalue weighted by molar-refractivity contribution is 7.89. The first-order chi connectivity index (χ1) is 11.1. The van der Waals surface area contributed by atoms with Gasteiger partial charge in [0.05, 0.1) is 4.90 Å². The van der Waals surface area contributed by atoms with Gasteiger partial charge < -0.3 is 4.74 Å². The Balaban J connectivity index is 3.36. The van der Waals surface area contributed by atoms with E-state index in [1.165, 1.54) is 4.31 Å². The lowest BCUT2D eigenvalue weighted by molar-refractivity contribution is -0.155. The van der Waals surface area contributed by atoms with Gasteiger partial charge in [0, 0.05) is 10.6 Å². The molecule has 1 aromatic carbocycles. The second kappa shape index (κ2) is 7.25. The van der Waals surface area contributed by atoms with E-state index in [0.717, 1.165) is 0 Å². The van der Waals surface area contributed by atoms with Crippen molar-refractivity contribution in [3.05, 3.63) is 28.3 Å². The van der Waals surface area contributed by atoms with Gasteiger partial charge in [-0.1, -0.05) is 11.6 Å². The zero-order chi connectivity index (χ0) is 19.8. The first-order valence-electron chi connectivity index (χ1n) is 8.07. The van der Waals surface area contributed by atoms with Crippen LogP contribution in [0.5, 0.6) is 0 Å². The van der Waals surface area contributed by atoms with Crippen LogP contribution in [-0.2, 0) is 19.6 Å². The molecule has 142 valence electrons. The summed E-state index contributed by atoms with van der Waals surface area (Å²) in [7, 11) is -3.91. The number of rotatable bonds is 4. The summed E-state index contributed by atoms with van der Waals surface area (Å²) in [6.07, 6.45) is 0. The molecule has 0 fully saturated rings. The Labute approximate surface area is 156 Å². The van der Waals surface area contributed by atoms with Gasteiger partial charge >= 0.3 is 5.97 Å². The van der Waals surface area contributed by atoms with Crippen molar-refractivity contribution in [2.45, 2.75) is 71.4 Å². The molecule has 1 rings (SSSR count). The summed E-state index contributed by atoms with van der Waals surface area (Å²) in [5, 5.41) is 0.505. The van der Waals surface area contributed by atoms with E-state index in [1.54, 1.807) is 67.5 Å². The van der Waals surface area contributed by atoms with Crippen LogP contribution < -0.4 is 0 Å². The van der Waals surface area contributed by atoms with Gasteiger partial charge in [0.2, 0.25) is 10.0 Å². The normalized spacial score (nSPS) is 13.2. The number of esters is 1. The van der Waals surface area contributed by atoms with Crippen molar-refractivity contribution in [1.82, 2.24) is 4.31 Å². The van der Waals surface area contributed by atoms with Crippen molar-refractivity contribution in [3.8, 4) is 0 Å². The summed E-state index contributed by atoms with van der Waals surface area (Å²) in [4.78, 5) is 12.4. The number of ether oxygens (including phenoxy) is 1. The maximum atomic E-state index is 13.2. The minimum absolute atomic E-state index is 0.146. The Morgan fingerprint density at radius 3 is 2.04 bits per heavy atom. The molecule has 0 amide bonds. The number of carbonyl (C=O) groups excluding carboxylic acids is 1. The van der Waals surface area contributed by atoms with Crippen LogP contribution in [-0.4, -0.2) is 36.4 Å². The van der Waals surface area contributed by atoms with Crippen LogP contribution in [0.1, 0.15) is 52.7 Å². The number of carbonyl (C=O) groups is 1. The molecule has 0 aliphatic rings. The molecule has 7 heteroatoms. The van der Waals surface area contributed by atoms with Crippen LogP contribution in [0.3, 0.4) is 0 Å². The summed E-state index contributed by atoms with van der Waals surface area (Å²) in [6.45, 7) is 13.5. The number of nitrogens with zero attached hydrogens (tertiary/aromatic N) is 1. The Morgan fingerprint density at radius 1 is 1.08 bits per heavy atom. The average molecular weight is 390 g/mol. The molecule has 0 aromatic heterocycles. The second-order valence-electron chi connectivity index (χ2n) is 8.14. The van der Waals surface area contributed by atoms with E-state index in [2.05, 4.69) is 0 Å². The number of hydrogen-bond donors (Lipinski definition) is 0. The first kappa shape index (κ1) is 21.9. The monoisotopic (exact) mass is 389 g/mol. The quantitative estimate of drug-likeness (QED) is 0.727. The van der Waals surface area contributed by atoms with Crippen LogP contribution in [0.15, 0.2) is 17.0 Å². The molecule has 0 aliphatic heterocycles. The van der Waals surface area contributed by atoms with E-state index in [0.29, 0.717) is 16.1 Å². The molecule has 0 N–H and O–H groups in total. The van der Waals surface area contributed by atoms with Crippen molar-refractivity contribution in [1.29, 1.82) is 0 Å². The number of halogens is 1. The molecule has 0 heterocycles. The third kappa shape index (κ3) is 5.69. The van der Waals surface area contributed by atoms with Crippen LogP contribution in [0, 0.1) is 13.8 Å². The fourth-order valence-corrected chi connectivity index (χ4v) is 4.57. The van der Waals surface area contributed by atoms with Gasteiger partial charge in [-0.2, -0.15) is 4.31 Å². The largest absolute Gasteiger partial charge is 0.459 e. The molecule has 0 aliphatic carbocycles. The zero-order valence-corrected chi connectivity index (χ0v) is 17.8. The Morgan fingerprint density at radius 2 is 1.60 bits per heavy atom. The third-order valence-corrected chi connectivity index (χ3v) is 6.13. The van der Waals surface area contributed by atoms with E-state index in [-0.39, 0.29) is 11.4 Å². The third-order valence-electron chi connectivity index (χ3n) is 3.47. The molecule has 0 bridgehead atoms. The number of hydrogen-bond acceptors (Lipinski definition) is 4. The zero-order valence-electron chi connectivity index (χ0n) is 16.2. The summed E-state index contributed by atoms with van der Waals surface area (Å²) in [6, 6.07) is 3.17. The topological polar surface area (TPSA) is 63.7 Å². The fourth-order valence-electron chi connectivity index (χ4n) is 2.32. The Bertz CT molecular complexity index is 759. The summed E-state index contributed by atoms with van der Waals surface area (Å²) in [5.74, 6) is -0.589. The van der Waals surface area contributed by atoms with Crippen LogP contribution in [0.4, 0.5) is 0 Å². The summed E-state index contributed by atoms with van der Waals surface area (Å²) >= 11 is 6.08. The molecular formula is C18H28ClNO4S. The molecule has 25 heavy (non-hydrogen) atoms. The van der Waals surface area contributed by atoms with Gasteiger partial charge in [-0.15, -0.1) is 0 Å². The average Bonchev–Trinajstić information content (AvgIpc) is 2.36. The molecule has 0 saturated carbocycles. The highest BCUT2D eigenvalue weighted by Crippen LogP contribution is 2.30. The van der Waals surface area contributed by atoms with Crippen LogP contribution >= 0.6 is 11.6 Å². The highest BCUT2D eigenvalue weighted by atomic mass is 35.5. The summed E-state index contributed by atoms with van der Waals surface area (Å²) < 4.78 is 33.0. The van der Waals surface area contributed by atoms with E-state index in [9.17, 15) is 13.2 Å². The van der Waals surface area contributed by atoms with Crippen LogP contribution in [0.2, 0.25) is 5.02 Å². The highest BCUT2D eigenvalue weighted by Gasteiger charge is 2.37. The lowest BCUT2D eigenvalue weighted by Gasteiger charge is -2.35. The molecule has 1 aromatic rings. The standard InChI is InChI=1S/C18H28ClNO4S/c1-12-10-15(13(2)9-14(12)19)25(22,23)20(17(3,4)5)11-16(21)24-18(6,7)8/h9-10H,11H2,1-8H3. The molecule has 0 spiro atoms. The first-order valence-corrected chi connectivity index (χ1v) is 9.89. The maximum absolute atomic E-state index is 13.2. The molecule has 5 nitrogen and oxygen atoms in total.